The Hall–Kier alpha value is -2.09. The lowest BCUT2D eigenvalue weighted by atomic mass is 9.92. The molecule has 0 aliphatic rings. The van der Waals surface area contributed by atoms with Crippen molar-refractivity contribution >= 4 is 5.97 Å². The van der Waals surface area contributed by atoms with Crippen LogP contribution in [0.15, 0.2) is 42.5 Å². The van der Waals surface area contributed by atoms with E-state index in [9.17, 15) is 4.79 Å². The molecule has 2 aromatic carbocycles. The Morgan fingerprint density at radius 1 is 1.00 bits per heavy atom. The SMILES string of the molecule is Cc1c(CCC(=O)O)ccc(-c2ccccc2)c1C. The van der Waals surface area contributed by atoms with E-state index in [0.717, 1.165) is 5.56 Å². The van der Waals surface area contributed by atoms with Gasteiger partial charge in [-0.25, -0.2) is 0 Å². The van der Waals surface area contributed by atoms with Crippen molar-refractivity contribution in [2.45, 2.75) is 26.7 Å². The zero-order valence-electron chi connectivity index (χ0n) is 11.3. The molecule has 0 radical (unpaired) electrons. The zero-order chi connectivity index (χ0) is 13.8. The molecule has 0 aliphatic heterocycles. The molecule has 0 spiro atoms. The molecule has 0 saturated heterocycles. The third-order valence-electron chi connectivity index (χ3n) is 3.59. The minimum atomic E-state index is -0.746. The lowest BCUT2D eigenvalue weighted by Crippen LogP contribution is -2.00. The first-order valence-corrected chi connectivity index (χ1v) is 6.46. The Labute approximate surface area is 113 Å². The second-order valence-electron chi connectivity index (χ2n) is 4.78. The molecular formula is C17H18O2. The molecule has 0 aromatic heterocycles. The highest BCUT2D eigenvalue weighted by Crippen LogP contribution is 2.27. The fourth-order valence-electron chi connectivity index (χ4n) is 2.32. The predicted molar refractivity (Wildman–Crippen MR) is 77.3 cm³/mol. The Kier molecular flexibility index (Phi) is 4.00. The summed E-state index contributed by atoms with van der Waals surface area (Å²) in [6.45, 7) is 4.17. The largest absolute Gasteiger partial charge is 0.481 e. The van der Waals surface area contributed by atoms with Gasteiger partial charge in [-0.05, 0) is 48.1 Å². The van der Waals surface area contributed by atoms with E-state index in [1.165, 1.54) is 22.3 Å². The summed E-state index contributed by atoms with van der Waals surface area (Å²) >= 11 is 0. The number of aryl methyl sites for hydroxylation is 1. The number of carboxylic acid groups (broad SMARTS) is 1. The van der Waals surface area contributed by atoms with Crippen molar-refractivity contribution in [1.29, 1.82) is 0 Å². The topological polar surface area (TPSA) is 37.3 Å². The predicted octanol–water partition coefficient (Wildman–Crippen LogP) is 3.99. The Balaban J connectivity index is 2.35. The molecule has 0 fully saturated rings. The van der Waals surface area contributed by atoms with Crippen molar-refractivity contribution in [3.8, 4) is 11.1 Å². The number of rotatable bonds is 4. The van der Waals surface area contributed by atoms with Gasteiger partial charge in [0.2, 0.25) is 0 Å². The fraction of sp³-hybridized carbons (Fsp3) is 0.235. The molecule has 2 aromatic rings. The molecule has 0 saturated carbocycles. The van der Waals surface area contributed by atoms with E-state index in [1.54, 1.807) is 0 Å². The van der Waals surface area contributed by atoms with E-state index in [4.69, 9.17) is 5.11 Å². The van der Waals surface area contributed by atoms with Gasteiger partial charge in [-0.3, -0.25) is 4.79 Å². The van der Waals surface area contributed by atoms with Crippen molar-refractivity contribution < 1.29 is 9.90 Å². The molecule has 0 bridgehead atoms. The second kappa shape index (κ2) is 5.70. The number of hydrogen-bond donors (Lipinski definition) is 1. The molecule has 0 atom stereocenters. The van der Waals surface area contributed by atoms with E-state index >= 15 is 0 Å². The number of carboxylic acids is 1. The minimum absolute atomic E-state index is 0.185. The minimum Gasteiger partial charge on any atom is -0.481 e. The zero-order valence-corrected chi connectivity index (χ0v) is 11.3. The molecule has 2 rings (SSSR count). The van der Waals surface area contributed by atoms with Crippen LogP contribution < -0.4 is 0 Å². The first-order chi connectivity index (χ1) is 9.09. The molecule has 2 nitrogen and oxygen atoms in total. The summed E-state index contributed by atoms with van der Waals surface area (Å²) in [5.74, 6) is -0.746. The van der Waals surface area contributed by atoms with Crippen molar-refractivity contribution in [1.82, 2.24) is 0 Å². The van der Waals surface area contributed by atoms with Gasteiger partial charge in [-0.15, -0.1) is 0 Å². The summed E-state index contributed by atoms with van der Waals surface area (Å²) in [5.41, 5.74) is 5.97. The quantitative estimate of drug-likeness (QED) is 0.895. The number of carbonyl (C=O) groups is 1. The Morgan fingerprint density at radius 2 is 1.68 bits per heavy atom. The van der Waals surface area contributed by atoms with Crippen LogP contribution in [-0.2, 0) is 11.2 Å². The lowest BCUT2D eigenvalue weighted by Gasteiger charge is -2.13. The van der Waals surface area contributed by atoms with E-state index < -0.39 is 5.97 Å². The molecule has 0 amide bonds. The maximum atomic E-state index is 10.7. The number of aliphatic carboxylic acids is 1. The third kappa shape index (κ3) is 3.02. The maximum Gasteiger partial charge on any atom is 0.303 e. The van der Waals surface area contributed by atoms with Gasteiger partial charge in [0.05, 0.1) is 0 Å². The monoisotopic (exact) mass is 254 g/mol. The van der Waals surface area contributed by atoms with E-state index in [2.05, 4.69) is 32.0 Å². The van der Waals surface area contributed by atoms with E-state index in [0.29, 0.717) is 6.42 Å². The first-order valence-electron chi connectivity index (χ1n) is 6.46. The summed E-state index contributed by atoms with van der Waals surface area (Å²) in [6.07, 6.45) is 0.780. The molecule has 1 N–H and O–H groups in total. The average molecular weight is 254 g/mol. The van der Waals surface area contributed by atoms with Gasteiger partial charge in [0.25, 0.3) is 0 Å². The highest BCUT2D eigenvalue weighted by molar-refractivity contribution is 5.70. The van der Waals surface area contributed by atoms with Crippen LogP contribution in [0.1, 0.15) is 23.1 Å². The molecule has 19 heavy (non-hydrogen) atoms. The molecule has 98 valence electrons. The van der Waals surface area contributed by atoms with Gasteiger partial charge < -0.3 is 5.11 Å². The van der Waals surface area contributed by atoms with Crippen LogP contribution in [0.5, 0.6) is 0 Å². The van der Waals surface area contributed by atoms with E-state index in [1.807, 2.05) is 24.3 Å². The van der Waals surface area contributed by atoms with Crippen molar-refractivity contribution in [3.05, 3.63) is 59.2 Å². The summed E-state index contributed by atoms with van der Waals surface area (Å²) in [5, 5.41) is 8.77. The number of hydrogen-bond acceptors (Lipinski definition) is 1. The standard InChI is InChI=1S/C17H18O2/c1-12-13(2)16(15-6-4-3-5-7-15)10-8-14(12)9-11-17(18)19/h3-8,10H,9,11H2,1-2H3,(H,18,19). The van der Waals surface area contributed by atoms with Crippen molar-refractivity contribution in [3.63, 3.8) is 0 Å². The highest BCUT2D eigenvalue weighted by atomic mass is 16.4. The smallest absolute Gasteiger partial charge is 0.303 e. The maximum absolute atomic E-state index is 10.7. The van der Waals surface area contributed by atoms with Crippen LogP contribution in [0.2, 0.25) is 0 Å². The van der Waals surface area contributed by atoms with Gasteiger partial charge >= 0.3 is 5.97 Å². The van der Waals surface area contributed by atoms with Crippen LogP contribution in [0.4, 0.5) is 0 Å². The van der Waals surface area contributed by atoms with Crippen molar-refractivity contribution in [2.75, 3.05) is 0 Å². The average Bonchev–Trinajstić information content (AvgIpc) is 2.41. The first kappa shape index (κ1) is 13.3. The van der Waals surface area contributed by atoms with Gasteiger partial charge in [0.15, 0.2) is 0 Å². The second-order valence-corrected chi connectivity index (χ2v) is 4.78. The normalized spacial score (nSPS) is 10.4. The van der Waals surface area contributed by atoms with E-state index in [-0.39, 0.29) is 6.42 Å². The highest BCUT2D eigenvalue weighted by Gasteiger charge is 2.09. The summed E-state index contributed by atoms with van der Waals surface area (Å²) in [4.78, 5) is 10.7. The Morgan fingerprint density at radius 3 is 2.32 bits per heavy atom. The molecule has 0 aliphatic carbocycles. The van der Waals surface area contributed by atoms with Crippen LogP contribution in [-0.4, -0.2) is 11.1 Å². The molecule has 2 heteroatoms. The van der Waals surface area contributed by atoms with Crippen LogP contribution in [0, 0.1) is 13.8 Å². The van der Waals surface area contributed by atoms with Gasteiger partial charge in [-0.2, -0.15) is 0 Å². The summed E-state index contributed by atoms with van der Waals surface area (Å²) < 4.78 is 0. The summed E-state index contributed by atoms with van der Waals surface area (Å²) in [7, 11) is 0. The van der Waals surface area contributed by atoms with Crippen LogP contribution in [0.25, 0.3) is 11.1 Å². The lowest BCUT2D eigenvalue weighted by molar-refractivity contribution is -0.136. The third-order valence-corrected chi connectivity index (χ3v) is 3.59. The van der Waals surface area contributed by atoms with Crippen LogP contribution >= 0.6 is 0 Å². The molecular weight excluding hydrogens is 236 g/mol. The van der Waals surface area contributed by atoms with Gasteiger partial charge in [0.1, 0.15) is 0 Å². The number of benzene rings is 2. The Bertz CT molecular complexity index is 586. The molecule has 0 unspecified atom stereocenters. The van der Waals surface area contributed by atoms with Gasteiger partial charge in [-0.1, -0.05) is 42.5 Å². The summed E-state index contributed by atoms with van der Waals surface area (Å²) in [6, 6.07) is 14.4. The fourth-order valence-corrected chi connectivity index (χ4v) is 2.32. The molecule has 0 heterocycles. The van der Waals surface area contributed by atoms with Crippen molar-refractivity contribution in [2.24, 2.45) is 0 Å². The van der Waals surface area contributed by atoms with Crippen LogP contribution in [0.3, 0.4) is 0 Å². The van der Waals surface area contributed by atoms with Gasteiger partial charge in [0, 0.05) is 6.42 Å².